The van der Waals surface area contributed by atoms with Crippen molar-refractivity contribution in [1.82, 2.24) is 30.6 Å². The van der Waals surface area contributed by atoms with E-state index in [0.717, 1.165) is 17.7 Å². The second kappa shape index (κ2) is 10.0. The van der Waals surface area contributed by atoms with Gasteiger partial charge >= 0.3 is 0 Å². The zero-order valence-corrected chi connectivity index (χ0v) is 17.9. The van der Waals surface area contributed by atoms with Crippen molar-refractivity contribution in [3.8, 4) is 17.1 Å². The third kappa shape index (κ3) is 5.24. The van der Waals surface area contributed by atoms with E-state index in [9.17, 15) is 9.59 Å². The van der Waals surface area contributed by atoms with Gasteiger partial charge in [0.25, 0.3) is 0 Å². The van der Waals surface area contributed by atoms with Crippen LogP contribution in [0.5, 0.6) is 0 Å². The number of aromatic nitrogens is 4. The van der Waals surface area contributed by atoms with Crippen molar-refractivity contribution >= 4 is 23.6 Å². The van der Waals surface area contributed by atoms with Gasteiger partial charge in [0.2, 0.25) is 11.8 Å². The number of nitrogens with zero attached hydrogens (tertiary/aromatic N) is 4. The summed E-state index contributed by atoms with van der Waals surface area (Å²) in [6.45, 7) is 5.61. The fourth-order valence-corrected chi connectivity index (χ4v) is 3.35. The van der Waals surface area contributed by atoms with Crippen LogP contribution in [0.1, 0.15) is 26.3 Å². The van der Waals surface area contributed by atoms with E-state index in [1.54, 1.807) is 26.2 Å². The summed E-state index contributed by atoms with van der Waals surface area (Å²) >= 11 is 1.24. The minimum atomic E-state index is -0.326. The number of amides is 2. The summed E-state index contributed by atoms with van der Waals surface area (Å²) in [4.78, 5) is 27.9. The van der Waals surface area contributed by atoms with E-state index in [1.165, 1.54) is 17.3 Å². The third-order valence-corrected chi connectivity index (χ3v) is 5.27. The summed E-state index contributed by atoms with van der Waals surface area (Å²) in [7, 11) is 0. The molecule has 30 heavy (non-hydrogen) atoms. The molecule has 156 valence electrons. The van der Waals surface area contributed by atoms with E-state index < -0.39 is 0 Å². The lowest BCUT2D eigenvalue weighted by Gasteiger charge is -2.11. The standard InChI is InChI=1S/C21H24N6O2S/c1-4-15-7-9-17(10-8-15)27-19(16-6-5-11-22-12-16)24-26-21(27)30-13-18(28)23-25-20(29)14(2)3/h5-12,14H,4,13H2,1-3H3,(H,23,28)(H,25,29). The minimum Gasteiger partial charge on any atom is -0.273 e. The molecule has 0 fully saturated rings. The summed E-state index contributed by atoms with van der Waals surface area (Å²) in [6.07, 6.45) is 4.37. The molecule has 0 saturated heterocycles. The fraction of sp³-hybridized carbons (Fsp3) is 0.286. The third-order valence-electron chi connectivity index (χ3n) is 4.34. The molecule has 2 amide bonds. The zero-order chi connectivity index (χ0) is 21.5. The van der Waals surface area contributed by atoms with Gasteiger partial charge in [-0.3, -0.25) is 30.0 Å². The van der Waals surface area contributed by atoms with E-state index in [1.807, 2.05) is 28.8 Å². The number of hydrogen-bond donors (Lipinski definition) is 2. The Hall–Kier alpha value is -3.20. The van der Waals surface area contributed by atoms with Crippen LogP contribution in [-0.2, 0) is 16.0 Å². The SMILES string of the molecule is CCc1ccc(-n2c(SCC(=O)NNC(=O)C(C)C)nnc2-c2cccnc2)cc1. The Morgan fingerprint density at radius 1 is 1.10 bits per heavy atom. The first-order valence-corrected chi connectivity index (χ1v) is 10.6. The average Bonchev–Trinajstić information content (AvgIpc) is 3.20. The maximum atomic E-state index is 12.1. The van der Waals surface area contributed by atoms with Gasteiger partial charge in [0, 0.05) is 29.6 Å². The van der Waals surface area contributed by atoms with E-state index >= 15 is 0 Å². The van der Waals surface area contributed by atoms with Crippen LogP contribution >= 0.6 is 11.8 Å². The van der Waals surface area contributed by atoms with Gasteiger partial charge in [-0.2, -0.15) is 0 Å². The summed E-state index contributed by atoms with van der Waals surface area (Å²) < 4.78 is 1.90. The van der Waals surface area contributed by atoms with Crippen LogP contribution in [-0.4, -0.2) is 37.3 Å². The lowest BCUT2D eigenvalue weighted by Crippen LogP contribution is -2.44. The Morgan fingerprint density at radius 3 is 2.50 bits per heavy atom. The molecule has 2 N–H and O–H groups in total. The van der Waals surface area contributed by atoms with Crippen molar-refractivity contribution in [1.29, 1.82) is 0 Å². The number of hydrogen-bond acceptors (Lipinski definition) is 6. The molecule has 1 aromatic carbocycles. The Morgan fingerprint density at radius 2 is 1.87 bits per heavy atom. The van der Waals surface area contributed by atoms with Crippen LogP contribution < -0.4 is 10.9 Å². The van der Waals surface area contributed by atoms with Crippen LogP contribution in [0.15, 0.2) is 53.9 Å². The number of hydrazine groups is 1. The highest BCUT2D eigenvalue weighted by Gasteiger charge is 2.18. The molecule has 0 radical (unpaired) electrons. The molecule has 0 saturated carbocycles. The van der Waals surface area contributed by atoms with Crippen molar-refractivity contribution in [2.24, 2.45) is 5.92 Å². The molecule has 0 atom stereocenters. The van der Waals surface area contributed by atoms with Crippen molar-refractivity contribution in [3.63, 3.8) is 0 Å². The fourth-order valence-electron chi connectivity index (χ4n) is 2.60. The normalized spacial score (nSPS) is 10.8. The average molecular weight is 425 g/mol. The van der Waals surface area contributed by atoms with Gasteiger partial charge in [0.05, 0.1) is 5.75 Å². The first kappa shape index (κ1) is 21.5. The highest BCUT2D eigenvalue weighted by molar-refractivity contribution is 7.99. The zero-order valence-electron chi connectivity index (χ0n) is 17.1. The number of pyridine rings is 1. The Bertz CT molecular complexity index is 1000. The number of carbonyl (C=O) groups is 2. The molecule has 3 aromatic rings. The summed E-state index contributed by atoms with van der Waals surface area (Å²) in [6, 6.07) is 11.9. The smallest absolute Gasteiger partial charge is 0.248 e. The number of thioether (sulfide) groups is 1. The van der Waals surface area contributed by atoms with E-state index in [-0.39, 0.29) is 23.5 Å². The van der Waals surface area contributed by atoms with Gasteiger partial charge in [-0.1, -0.05) is 44.7 Å². The van der Waals surface area contributed by atoms with Crippen LogP contribution in [0.2, 0.25) is 0 Å². The molecule has 0 unspecified atom stereocenters. The predicted octanol–water partition coefficient (Wildman–Crippen LogP) is 2.79. The summed E-state index contributed by atoms with van der Waals surface area (Å²) in [5, 5.41) is 9.19. The molecule has 2 aromatic heterocycles. The molecule has 0 bridgehead atoms. The molecule has 0 aliphatic carbocycles. The number of nitrogens with one attached hydrogen (secondary N) is 2. The van der Waals surface area contributed by atoms with Crippen LogP contribution in [0.25, 0.3) is 17.1 Å². The highest BCUT2D eigenvalue weighted by Crippen LogP contribution is 2.27. The lowest BCUT2D eigenvalue weighted by atomic mass is 10.1. The molecular formula is C21H24N6O2S. The largest absolute Gasteiger partial charge is 0.273 e. The van der Waals surface area contributed by atoms with Crippen LogP contribution in [0, 0.1) is 5.92 Å². The van der Waals surface area contributed by atoms with E-state index in [0.29, 0.717) is 11.0 Å². The highest BCUT2D eigenvalue weighted by atomic mass is 32.2. The molecule has 9 heteroatoms. The first-order chi connectivity index (χ1) is 14.5. The predicted molar refractivity (Wildman–Crippen MR) is 116 cm³/mol. The maximum Gasteiger partial charge on any atom is 0.248 e. The Kier molecular flexibility index (Phi) is 7.18. The van der Waals surface area contributed by atoms with Crippen molar-refractivity contribution in [2.75, 3.05) is 5.75 Å². The molecule has 3 rings (SSSR count). The van der Waals surface area contributed by atoms with E-state index in [4.69, 9.17) is 0 Å². The molecule has 2 heterocycles. The number of aryl methyl sites for hydroxylation is 1. The second-order valence-corrected chi connectivity index (χ2v) is 7.83. The van der Waals surface area contributed by atoms with Crippen molar-refractivity contribution < 1.29 is 9.59 Å². The molecule has 0 aliphatic heterocycles. The Labute approximate surface area is 179 Å². The number of rotatable bonds is 7. The number of benzene rings is 1. The van der Waals surface area contributed by atoms with Crippen LogP contribution in [0.4, 0.5) is 0 Å². The monoisotopic (exact) mass is 424 g/mol. The second-order valence-electron chi connectivity index (χ2n) is 6.88. The first-order valence-electron chi connectivity index (χ1n) is 9.66. The maximum absolute atomic E-state index is 12.1. The topological polar surface area (TPSA) is 102 Å². The lowest BCUT2D eigenvalue weighted by molar-refractivity contribution is -0.129. The van der Waals surface area contributed by atoms with Gasteiger partial charge in [-0.05, 0) is 36.2 Å². The Balaban J connectivity index is 1.83. The van der Waals surface area contributed by atoms with Crippen molar-refractivity contribution in [2.45, 2.75) is 32.3 Å². The van der Waals surface area contributed by atoms with Gasteiger partial charge in [-0.15, -0.1) is 10.2 Å². The van der Waals surface area contributed by atoms with E-state index in [2.05, 4.69) is 45.1 Å². The minimum absolute atomic E-state index is 0.0800. The summed E-state index contributed by atoms with van der Waals surface area (Å²) in [5.74, 6) is -0.0619. The number of carbonyl (C=O) groups excluding carboxylic acids is 2. The molecular weight excluding hydrogens is 400 g/mol. The molecule has 0 aliphatic rings. The van der Waals surface area contributed by atoms with Gasteiger partial charge in [0.1, 0.15) is 0 Å². The summed E-state index contributed by atoms with van der Waals surface area (Å²) in [5.41, 5.74) is 7.77. The molecule has 8 nitrogen and oxygen atoms in total. The van der Waals surface area contributed by atoms with Gasteiger partial charge in [-0.25, -0.2) is 0 Å². The van der Waals surface area contributed by atoms with Crippen LogP contribution in [0.3, 0.4) is 0 Å². The van der Waals surface area contributed by atoms with Gasteiger partial charge < -0.3 is 0 Å². The molecule has 0 spiro atoms. The van der Waals surface area contributed by atoms with Gasteiger partial charge in [0.15, 0.2) is 11.0 Å². The van der Waals surface area contributed by atoms with Crippen molar-refractivity contribution in [3.05, 3.63) is 54.4 Å². The quantitative estimate of drug-likeness (QED) is 0.447.